The van der Waals surface area contributed by atoms with Crippen molar-refractivity contribution < 1.29 is 30.6 Å². The SMILES string of the molecule is CC(C)(c1ccccc1)c1ccc(-c2ccnc(-c3[c-]c(-c4cccc5c4nc(-c4ccccc4O)n5-c4ccc(-c5ccccc5)c5oc6ccccc6c45)cc(-c4ccccc4)c3)c2)cc1.[Pt]. The number of furan rings is 1. The van der Waals surface area contributed by atoms with Gasteiger partial charge in [-0.1, -0.05) is 194 Å². The molecule has 0 fully saturated rings. The first-order chi connectivity index (χ1) is 33.4. The summed E-state index contributed by atoms with van der Waals surface area (Å²) < 4.78 is 8.91. The monoisotopic (exact) mass is 1070 g/mol. The summed E-state index contributed by atoms with van der Waals surface area (Å²) in [6.07, 6.45) is 1.89. The van der Waals surface area contributed by atoms with Gasteiger partial charge >= 0.3 is 0 Å². The van der Waals surface area contributed by atoms with Gasteiger partial charge in [-0.25, -0.2) is 4.98 Å². The molecule has 69 heavy (non-hydrogen) atoms. The Morgan fingerprint density at radius 3 is 1.93 bits per heavy atom. The Hall–Kier alpha value is -8.11. The number of rotatable bonds is 9. The maximum absolute atomic E-state index is 11.5. The van der Waals surface area contributed by atoms with E-state index in [2.05, 4.69) is 176 Å². The summed E-state index contributed by atoms with van der Waals surface area (Å²) >= 11 is 0. The minimum Gasteiger partial charge on any atom is -0.507 e. The van der Waals surface area contributed by atoms with E-state index in [1.54, 1.807) is 6.07 Å². The van der Waals surface area contributed by atoms with Gasteiger partial charge in [0.1, 0.15) is 22.7 Å². The smallest absolute Gasteiger partial charge is 0.148 e. The van der Waals surface area contributed by atoms with Crippen LogP contribution in [0.4, 0.5) is 0 Å². The van der Waals surface area contributed by atoms with Crippen molar-refractivity contribution in [1.82, 2.24) is 14.5 Å². The maximum atomic E-state index is 11.5. The predicted octanol–water partition coefficient (Wildman–Crippen LogP) is 16.2. The van der Waals surface area contributed by atoms with Gasteiger partial charge in [0.15, 0.2) is 0 Å². The molecule has 6 heteroatoms. The minimum absolute atomic E-state index is 0. The number of aromatic hydroxyl groups is 1. The van der Waals surface area contributed by atoms with E-state index in [-0.39, 0.29) is 32.2 Å². The Labute approximate surface area is 415 Å². The van der Waals surface area contributed by atoms with Crippen LogP contribution >= 0.6 is 0 Å². The first kappa shape index (κ1) is 43.5. The zero-order valence-corrected chi connectivity index (χ0v) is 40.1. The fourth-order valence-corrected chi connectivity index (χ4v) is 9.75. The fourth-order valence-electron chi connectivity index (χ4n) is 9.75. The van der Waals surface area contributed by atoms with Crippen LogP contribution in [0.5, 0.6) is 5.75 Å². The molecule has 0 saturated carbocycles. The molecule has 0 spiro atoms. The number of phenols is 1. The topological polar surface area (TPSA) is 64.1 Å². The summed E-state index contributed by atoms with van der Waals surface area (Å²) in [6.45, 7) is 4.55. The molecule has 3 heterocycles. The molecule has 0 atom stereocenters. The molecule has 334 valence electrons. The predicted molar refractivity (Wildman–Crippen MR) is 278 cm³/mol. The Kier molecular flexibility index (Phi) is 11.2. The molecule has 5 nitrogen and oxygen atoms in total. The average Bonchev–Trinajstić information content (AvgIpc) is 3.99. The molecule has 0 radical (unpaired) electrons. The zero-order chi connectivity index (χ0) is 45.8. The van der Waals surface area contributed by atoms with Crippen LogP contribution in [0.2, 0.25) is 0 Å². The van der Waals surface area contributed by atoms with Crippen LogP contribution in [-0.2, 0) is 26.5 Å². The Morgan fingerprint density at radius 1 is 0.522 bits per heavy atom. The summed E-state index contributed by atoms with van der Waals surface area (Å²) in [6, 6.07) is 79.0. The van der Waals surface area contributed by atoms with Crippen LogP contribution in [0, 0.1) is 6.07 Å². The van der Waals surface area contributed by atoms with Crippen molar-refractivity contribution >= 4 is 33.0 Å². The molecule has 1 N–H and O–H groups in total. The van der Waals surface area contributed by atoms with Crippen molar-refractivity contribution in [3.8, 4) is 78.6 Å². The number of pyridine rings is 1. The first-order valence-corrected chi connectivity index (χ1v) is 22.9. The van der Waals surface area contributed by atoms with Gasteiger partial charge in [-0.3, -0.25) is 9.55 Å². The van der Waals surface area contributed by atoms with E-state index in [0.717, 1.165) is 94.4 Å². The molecule has 12 rings (SSSR count). The second kappa shape index (κ2) is 17.8. The van der Waals surface area contributed by atoms with Crippen LogP contribution in [0.3, 0.4) is 0 Å². The average molecular weight is 1070 g/mol. The number of hydrogen-bond donors (Lipinski definition) is 1. The summed E-state index contributed by atoms with van der Waals surface area (Å²) in [4.78, 5) is 10.4. The molecule has 0 unspecified atom stereocenters. The van der Waals surface area contributed by atoms with Crippen LogP contribution in [0.25, 0.3) is 106 Å². The normalized spacial score (nSPS) is 11.6. The second-order valence-electron chi connectivity index (χ2n) is 17.8. The number of benzene rings is 9. The number of fused-ring (bicyclic) bond motifs is 4. The molecular weight excluding hydrogens is 1030 g/mol. The number of nitrogens with zero attached hydrogens (tertiary/aromatic N) is 3. The zero-order valence-electron chi connectivity index (χ0n) is 37.9. The number of imidazole rings is 1. The van der Waals surface area contributed by atoms with Crippen LogP contribution in [0.1, 0.15) is 25.0 Å². The second-order valence-corrected chi connectivity index (χ2v) is 17.8. The standard InChI is InChI=1S/C63H44N3O2.Pt/c1-63(2,48-21-10-5-11-22-48)49-31-29-42(30-32-49)44-35-36-64-54(40-44)47-38-45(41-17-6-3-7-18-41)37-46(39-47)50-25-16-26-56-60(50)65-62(52-23-12-14-27-57(52)67)66(56)55-34-33-51(43-19-8-4-9-20-43)61-59(55)53-24-13-15-28-58(53)68-61;/h3-38,40,67H,1-2H3;/q-1;. The van der Waals surface area contributed by atoms with Crippen molar-refractivity contribution in [2.24, 2.45) is 0 Å². The van der Waals surface area contributed by atoms with E-state index in [9.17, 15) is 5.11 Å². The third kappa shape index (κ3) is 7.75. The number of aromatic nitrogens is 3. The third-order valence-electron chi connectivity index (χ3n) is 13.4. The van der Waals surface area contributed by atoms with E-state index >= 15 is 0 Å². The van der Waals surface area contributed by atoms with Gasteiger partial charge in [0.25, 0.3) is 0 Å². The fraction of sp³-hybridized carbons (Fsp3) is 0.0476. The molecule has 0 bridgehead atoms. The Balaban J connectivity index is 0.00000520. The molecule has 0 aliphatic carbocycles. The van der Waals surface area contributed by atoms with E-state index in [4.69, 9.17) is 14.4 Å². The molecule has 12 aromatic rings. The maximum Gasteiger partial charge on any atom is 0.148 e. The van der Waals surface area contributed by atoms with E-state index < -0.39 is 0 Å². The van der Waals surface area contributed by atoms with Gasteiger partial charge in [-0.2, -0.15) is 0 Å². The van der Waals surface area contributed by atoms with Gasteiger partial charge in [-0.05, 0) is 75.8 Å². The molecular formula is C63H44N3O2Pt-. The Bertz CT molecular complexity index is 3820. The van der Waals surface area contributed by atoms with Gasteiger partial charge in [-0.15, -0.1) is 23.8 Å². The summed E-state index contributed by atoms with van der Waals surface area (Å²) in [7, 11) is 0. The summed E-state index contributed by atoms with van der Waals surface area (Å²) in [5.74, 6) is 0.747. The van der Waals surface area contributed by atoms with E-state index in [1.165, 1.54) is 11.1 Å². The van der Waals surface area contributed by atoms with Gasteiger partial charge in [0.05, 0.1) is 27.7 Å². The van der Waals surface area contributed by atoms with E-state index in [0.29, 0.717) is 11.4 Å². The number of phenolic OH excluding ortho intramolecular Hbond substituents is 1. The van der Waals surface area contributed by atoms with Crippen LogP contribution in [-0.4, -0.2) is 19.6 Å². The Morgan fingerprint density at radius 2 is 1.16 bits per heavy atom. The minimum atomic E-state index is -0.139. The van der Waals surface area contributed by atoms with E-state index in [1.807, 2.05) is 66.9 Å². The molecule has 0 amide bonds. The van der Waals surface area contributed by atoms with Crippen molar-refractivity contribution in [3.63, 3.8) is 0 Å². The molecule has 3 aromatic heterocycles. The third-order valence-corrected chi connectivity index (χ3v) is 13.4. The van der Waals surface area contributed by atoms with Crippen molar-refractivity contribution in [2.75, 3.05) is 0 Å². The van der Waals surface area contributed by atoms with Gasteiger partial charge in [0.2, 0.25) is 0 Å². The largest absolute Gasteiger partial charge is 0.507 e. The molecule has 0 aliphatic rings. The number of para-hydroxylation sites is 3. The summed E-state index contributed by atoms with van der Waals surface area (Å²) in [5, 5.41) is 13.5. The quantitative estimate of drug-likeness (QED) is 0.146. The van der Waals surface area contributed by atoms with Crippen molar-refractivity contribution in [2.45, 2.75) is 19.3 Å². The van der Waals surface area contributed by atoms with Gasteiger partial charge in [0, 0.05) is 49.3 Å². The van der Waals surface area contributed by atoms with Crippen molar-refractivity contribution in [1.29, 1.82) is 0 Å². The van der Waals surface area contributed by atoms with Crippen molar-refractivity contribution in [3.05, 3.63) is 242 Å². The molecule has 9 aromatic carbocycles. The molecule has 0 aliphatic heterocycles. The molecule has 0 saturated heterocycles. The van der Waals surface area contributed by atoms with Crippen LogP contribution in [0.15, 0.2) is 229 Å². The first-order valence-electron chi connectivity index (χ1n) is 22.9. The van der Waals surface area contributed by atoms with Crippen LogP contribution < -0.4 is 0 Å². The summed E-state index contributed by atoms with van der Waals surface area (Å²) in [5.41, 5.74) is 16.9. The van der Waals surface area contributed by atoms with Gasteiger partial charge < -0.3 is 9.52 Å². The number of hydrogen-bond acceptors (Lipinski definition) is 4.